The Balaban J connectivity index is 1.75. The highest BCUT2D eigenvalue weighted by atomic mass is 19.4. The summed E-state index contributed by atoms with van der Waals surface area (Å²) in [5.74, 6) is 0.325. The number of aliphatic hydroxyl groups is 1. The van der Waals surface area contributed by atoms with Gasteiger partial charge in [-0.3, -0.25) is 4.40 Å². The SMILES string of the molecule is COc1cc2ncc(-c3ccnc(NC4CCN(C)C4)n3)n2cc1C(C)(O)C(F)(F)F. The molecule has 2 atom stereocenters. The molecular weight excluding hydrogens is 413 g/mol. The molecule has 3 aromatic heterocycles. The van der Waals surface area contributed by atoms with Crippen LogP contribution in [0.5, 0.6) is 5.75 Å². The molecule has 0 saturated carbocycles. The van der Waals surface area contributed by atoms with E-state index in [0.717, 1.165) is 19.5 Å². The molecule has 1 saturated heterocycles. The van der Waals surface area contributed by atoms with Crippen LogP contribution in [-0.2, 0) is 5.60 Å². The number of halogens is 3. The number of alkyl halides is 3. The number of fused-ring (bicyclic) bond motifs is 1. The van der Waals surface area contributed by atoms with Crippen molar-refractivity contribution in [1.29, 1.82) is 0 Å². The molecule has 4 heterocycles. The molecule has 1 aliphatic heterocycles. The highest BCUT2D eigenvalue weighted by Gasteiger charge is 2.53. The first-order chi connectivity index (χ1) is 14.6. The first-order valence-corrected chi connectivity index (χ1v) is 9.73. The lowest BCUT2D eigenvalue weighted by molar-refractivity contribution is -0.259. The molecule has 4 rings (SSSR count). The number of rotatable bonds is 5. The summed E-state index contributed by atoms with van der Waals surface area (Å²) < 4.78 is 47.0. The highest BCUT2D eigenvalue weighted by molar-refractivity contribution is 5.63. The zero-order valence-corrected chi connectivity index (χ0v) is 17.3. The van der Waals surface area contributed by atoms with Crippen LogP contribution < -0.4 is 10.1 Å². The maximum absolute atomic E-state index is 13.5. The summed E-state index contributed by atoms with van der Waals surface area (Å²) >= 11 is 0. The number of nitrogens with one attached hydrogen (secondary N) is 1. The molecule has 1 fully saturated rings. The first-order valence-electron chi connectivity index (χ1n) is 9.73. The second-order valence-corrected chi connectivity index (χ2v) is 7.85. The molecule has 0 bridgehead atoms. The lowest BCUT2D eigenvalue weighted by Gasteiger charge is -2.28. The Hall–Kier alpha value is -2.92. The van der Waals surface area contributed by atoms with Crippen LogP contribution in [0.4, 0.5) is 19.1 Å². The van der Waals surface area contributed by atoms with E-state index in [1.165, 1.54) is 30.0 Å². The topological polar surface area (TPSA) is 87.8 Å². The molecule has 0 radical (unpaired) electrons. The predicted octanol–water partition coefficient (Wildman–Crippen LogP) is 2.69. The fraction of sp³-hybridized carbons (Fsp3) is 0.450. The molecule has 0 spiro atoms. The largest absolute Gasteiger partial charge is 0.496 e. The van der Waals surface area contributed by atoms with Gasteiger partial charge in [0.05, 0.1) is 30.3 Å². The minimum atomic E-state index is -4.89. The van der Waals surface area contributed by atoms with Crippen LogP contribution in [0.2, 0.25) is 0 Å². The maximum atomic E-state index is 13.5. The first kappa shape index (κ1) is 21.3. The summed E-state index contributed by atoms with van der Waals surface area (Å²) in [7, 11) is 3.29. The van der Waals surface area contributed by atoms with Crippen LogP contribution in [0, 0.1) is 0 Å². The van der Waals surface area contributed by atoms with Gasteiger partial charge in [-0.15, -0.1) is 0 Å². The molecular formula is C20H23F3N6O2. The van der Waals surface area contributed by atoms with Gasteiger partial charge in [-0.1, -0.05) is 0 Å². The minimum Gasteiger partial charge on any atom is -0.496 e. The fourth-order valence-electron chi connectivity index (χ4n) is 3.69. The van der Waals surface area contributed by atoms with Gasteiger partial charge < -0.3 is 20.1 Å². The summed E-state index contributed by atoms with van der Waals surface area (Å²) in [6.07, 6.45) is 0.352. The average molecular weight is 436 g/mol. The Morgan fingerprint density at radius 3 is 2.71 bits per heavy atom. The van der Waals surface area contributed by atoms with Crippen molar-refractivity contribution in [2.24, 2.45) is 0 Å². The number of likely N-dealkylation sites (N-methyl/N-ethyl adjacent to an activating group) is 1. The van der Waals surface area contributed by atoms with E-state index >= 15 is 0 Å². The smallest absolute Gasteiger partial charge is 0.421 e. The lowest BCUT2D eigenvalue weighted by Crippen LogP contribution is -2.39. The van der Waals surface area contributed by atoms with Crippen molar-refractivity contribution >= 4 is 11.6 Å². The van der Waals surface area contributed by atoms with Gasteiger partial charge in [0, 0.05) is 31.0 Å². The Labute approximate surface area is 176 Å². The van der Waals surface area contributed by atoms with Crippen molar-refractivity contribution < 1.29 is 23.0 Å². The van der Waals surface area contributed by atoms with Crippen LogP contribution >= 0.6 is 0 Å². The molecule has 11 heteroatoms. The number of likely N-dealkylation sites (tertiary alicyclic amines) is 1. The third-order valence-electron chi connectivity index (χ3n) is 5.55. The Bertz CT molecular complexity index is 1100. The van der Waals surface area contributed by atoms with E-state index in [2.05, 4.69) is 25.2 Å². The summed E-state index contributed by atoms with van der Waals surface area (Å²) in [4.78, 5) is 15.2. The number of pyridine rings is 1. The van der Waals surface area contributed by atoms with E-state index in [4.69, 9.17) is 4.74 Å². The molecule has 31 heavy (non-hydrogen) atoms. The Kier molecular flexibility index (Phi) is 5.26. The number of hydrogen-bond acceptors (Lipinski definition) is 7. The quantitative estimate of drug-likeness (QED) is 0.636. The highest BCUT2D eigenvalue weighted by Crippen LogP contribution is 2.43. The van der Waals surface area contributed by atoms with Gasteiger partial charge >= 0.3 is 6.18 Å². The van der Waals surface area contributed by atoms with Crippen molar-refractivity contribution in [2.75, 3.05) is 32.6 Å². The lowest BCUT2D eigenvalue weighted by atomic mass is 9.96. The second kappa shape index (κ2) is 7.65. The number of hydrogen-bond donors (Lipinski definition) is 2. The summed E-state index contributed by atoms with van der Waals surface area (Å²) in [5.41, 5.74) is -2.22. The van der Waals surface area contributed by atoms with Crippen molar-refractivity contribution in [3.63, 3.8) is 0 Å². The molecule has 8 nitrogen and oxygen atoms in total. The predicted molar refractivity (Wildman–Crippen MR) is 108 cm³/mol. The third kappa shape index (κ3) is 3.90. The number of imidazole rings is 1. The van der Waals surface area contributed by atoms with E-state index in [9.17, 15) is 18.3 Å². The van der Waals surface area contributed by atoms with E-state index < -0.39 is 17.3 Å². The van der Waals surface area contributed by atoms with Gasteiger partial charge in [-0.25, -0.2) is 15.0 Å². The van der Waals surface area contributed by atoms with Crippen LogP contribution in [0.15, 0.2) is 30.7 Å². The molecule has 0 aromatic carbocycles. The van der Waals surface area contributed by atoms with Gasteiger partial charge in [0.2, 0.25) is 5.95 Å². The van der Waals surface area contributed by atoms with Crippen molar-refractivity contribution in [2.45, 2.75) is 31.2 Å². The van der Waals surface area contributed by atoms with E-state index in [1.54, 1.807) is 12.3 Å². The summed E-state index contributed by atoms with van der Waals surface area (Å²) in [5, 5.41) is 13.5. The van der Waals surface area contributed by atoms with Crippen LogP contribution in [0.1, 0.15) is 18.9 Å². The number of ether oxygens (including phenoxy) is 1. The Morgan fingerprint density at radius 2 is 2.06 bits per heavy atom. The second-order valence-electron chi connectivity index (χ2n) is 7.85. The zero-order valence-electron chi connectivity index (χ0n) is 17.3. The third-order valence-corrected chi connectivity index (χ3v) is 5.55. The average Bonchev–Trinajstić information content (AvgIpc) is 3.31. The van der Waals surface area contributed by atoms with Crippen molar-refractivity contribution in [3.05, 3.63) is 36.3 Å². The van der Waals surface area contributed by atoms with Crippen LogP contribution in [-0.4, -0.2) is 68.8 Å². The molecule has 2 unspecified atom stereocenters. The van der Waals surface area contributed by atoms with E-state index in [-0.39, 0.29) is 11.8 Å². The monoisotopic (exact) mass is 436 g/mol. The van der Waals surface area contributed by atoms with Gasteiger partial charge in [0.15, 0.2) is 5.60 Å². The number of aromatic nitrogens is 4. The zero-order chi connectivity index (χ0) is 22.4. The normalized spacial score (nSPS) is 19.5. The molecule has 0 aliphatic carbocycles. The summed E-state index contributed by atoms with van der Waals surface area (Å²) in [6, 6.07) is 3.23. The molecule has 0 amide bonds. The maximum Gasteiger partial charge on any atom is 0.421 e. The van der Waals surface area contributed by atoms with Crippen molar-refractivity contribution in [3.8, 4) is 17.1 Å². The standard InChI is InChI=1S/C20H23F3N6O2/c1-19(30,20(21,22)23)13-11-29-15(9-25-17(29)8-16(13)31-3)14-4-6-24-18(27-14)26-12-5-7-28(2)10-12/h4,6,8-9,11-12,30H,5,7,10H2,1-3H3,(H,24,26,27). The van der Waals surface area contributed by atoms with E-state index in [0.29, 0.717) is 29.9 Å². The van der Waals surface area contributed by atoms with Gasteiger partial charge in [-0.05, 0) is 33.0 Å². The number of nitrogens with zero attached hydrogens (tertiary/aromatic N) is 5. The van der Waals surface area contributed by atoms with Crippen LogP contribution in [0.3, 0.4) is 0 Å². The van der Waals surface area contributed by atoms with Crippen LogP contribution in [0.25, 0.3) is 17.0 Å². The molecule has 3 aromatic rings. The molecule has 1 aliphatic rings. The van der Waals surface area contributed by atoms with E-state index in [1.807, 2.05) is 7.05 Å². The van der Waals surface area contributed by atoms with Gasteiger partial charge in [0.1, 0.15) is 11.4 Å². The summed E-state index contributed by atoms with van der Waals surface area (Å²) in [6.45, 7) is 2.55. The van der Waals surface area contributed by atoms with Crippen molar-refractivity contribution in [1.82, 2.24) is 24.3 Å². The van der Waals surface area contributed by atoms with Gasteiger partial charge in [-0.2, -0.15) is 13.2 Å². The molecule has 166 valence electrons. The fourth-order valence-corrected chi connectivity index (χ4v) is 3.69. The Morgan fingerprint density at radius 1 is 1.29 bits per heavy atom. The number of anilines is 1. The molecule has 2 N–H and O–H groups in total. The van der Waals surface area contributed by atoms with Gasteiger partial charge in [0.25, 0.3) is 0 Å². The number of methoxy groups -OCH3 is 1. The minimum absolute atomic E-state index is 0.109.